The molecule has 1 atom stereocenters. The number of halogens is 1. The molecule has 1 heterocycles. The second-order valence-corrected chi connectivity index (χ2v) is 6.14. The van der Waals surface area contributed by atoms with Crippen LogP contribution in [-0.4, -0.2) is 42.1 Å². The Kier molecular flexibility index (Phi) is 7.97. The zero-order valence-corrected chi connectivity index (χ0v) is 17.0. The third-order valence-electron chi connectivity index (χ3n) is 3.63. The molecule has 0 unspecified atom stereocenters. The molecule has 0 aliphatic heterocycles. The standard InChI is InChI=1S/C20H21ClN2O6/c1-4-27-19(25)13-9-14(20(26)28-5-2)11-15(10-13)29-12(3)18(24)23-16-7-6-8-22-17(16)21/h6-12H,4-5H2,1-3H3,(H,23,24)/t12-/m1/s1. The van der Waals surface area contributed by atoms with Gasteiger partial charge in [-0.3, -0.25) is 4.79 Å². The Balaban J connectivity index is 2.22. The van der Waals surface area contributed by atoms with Gasteiger partial charge in [0.2, 0.25) is 0 Å². The number of rotatable bonds is 8. The molecule has 9 heteroatoms. The Labute approximate surface area is 173 Å². The summed E-state index contributed by atoms with van der Waals surface area (Å²) in [7, 11) is 0. The number of anilines is 1. The molecule has 0 radical (unpaired) electrons. The minimum Gasteiger partial charge on any atom is -0.481 e. The van der Waals surface area contributed by atoms with Crippen LogP contribution in [0.25, 0.3) is 0 Å². The molecule has 0 bridgehead atoms. The number of pyridine rings is 1. The summed E-state index contributed by atoms with van der Waals surface area (Å²) >= 11 is 5.93. The molecule has 0 aliphatic carbocycles. The Morgan fingerprint density at radius 3 is 2.17 bits per heavy atom. The zero-order chi connectivity index (χ0) is 21.4. The second-order valence-electron chi connectivity index (χ2n) is 5.78. The highest BCUT2D eigenvalue weighted by molar-refractivity contribution is 6.32. The van der Waals surface area contributed by atoms with Crippen LogP contribution >= 0.6 is 11.6 Å². The van der Waals surface area contributed by atoms with Crippen LogP contribution in [0, 0.1) is 0 Å². The quantitative estimate of drug-likeness (QED) is 0.514. The lowest BCUT2D eigenvalue weighted by Gasteiger charge is -2.16. The van der Waals surface area contributed by atoms with E-state index in [4.69, 9.17) is 25.8 Å². The number of carbonyl (C=O) groups excluding carboxylic acids is 3. The molecule has 1 N–H and O–H groups in total. The number of nitrogens with zero attached hydrogens (tertiary/aromatic N) is 1. The second kappa shape index (κ2) is 10.4. The van der Waals surface area contributed by atoms with Gasteiger partial charge in [-0.15, -0.1) is 0 Å². The predicted octanol–water partition coefficient (Wildman–Crippen LogP) is 3.49. The number of hydrogen-bond donors (Lipinski definition) is 1. The highest BCUT2D eigenvalue weighted by Crippen LogP contribution is 2.22. The van der Waals surface area contributed by atoms with Crippen molar-refractivity contribution in [2.24, 2.45) is 0 Å². The molecule has 0 aliphatic rings. The third-order valence-corrected chi connectivity index (χ3v) is 3.93. The molecule has 1 amide bonds. The molecule has 2 rings (SSSR count). The number of amides is 1. The van der Waals surface area contributed by atoms with Gasteiger partial charge in [0.15, 0.2) is 11.3 Å². The van der Waals surface area contributed by atoms with Gasteiger partial charge in [0, 0.05) is 6.20 Å². The maximum Gasteiger partial charge on any atom is 0.338 e. The van der Waals surface area contributed by atoms with Crippen LogP contribution in [0.5, 0.6) is 5.75 Å². The fourth-order valence-electron chi connectivity index (χ4n) is 2.30. The SMILES string of the molecule is CCOC(=O)c1cc(O[C@H](C)C(=O)Nc2cccnc2Cl)cc(C(=O)OCC)c1. The Morgan fingerprint density at radius 2 is 1.66 bits per heavy atom. The summed E-state index contributed by atoms with van der Waals surface area (Å²) in [6, 6.07) is 7.35. The lowest BCUT2D eigenvalue weighted by molar-refractivity contribution is -0.122. The molecule has 2 aromatic rings. The van der Waals surface area contributed by atoms with Crippen molar-refractivity contribution in [3.8, 4) is 5.75 Å². The number of ether oxygens (including phenoxy) is 3. The molecule has 154 valence electrons. The van der Waals surface area contributed by atoms with Crippen LogP contribution < -0.4 is 10.1 Å². The van der Waals surface area contributed by atoms with E-state index in [2.05, 4.69) is 10.3 Å². The summed E-state index contributed by atoms with van der Waals surface area (Å²) in [6.45, 7) is 5.19. The summed E-state index contributed by atoms with van der Waals surface area (Å²) in [6.07, 6.45) is 0.536. The first kappa shape index (κ1) is 22.2. The summed E-state index contributed by atoms with van der Waals surface area (Å²) in [5.74, 6) is -1.59. The molecule has 8 nitrogen and oxygen atoms in total. The van der Waals surface area contributed by atoms with Crippen molar-refractivity contribution in [1.29, 1.82) is 0 Å². The molecule has 1 aromatic heterocycles. The van der Waals surface area contributed by atoms with Gasteiger partial charge in [0.1, 0.15) is 5.75 Å². The lowest BCUT2D eigenvalue weighted by atomic mass is 10.1. The predicted molar refractivity (Wildman–Crippen MR) is 106 cm³/mol. The molecule has 1 aromatic carbocycles. The number of carbonyl (C=O) groups is 3. The van der Waals surface area contributed by atoms with Crippen molar-refractivity contribution in [2.45, 2.75) is 26.9 Å². The van der Waals surface area contributed by atoms with E-state index in [0.29, 0.717) is 5.69 Å². The van der Waals surface area contributed by atoms with Gasteiger partial charge >= 0.3 is 11.9 Å². The van der Waals surface area contributed by atoms with Crippen molar-refractivity contribution in [1.82, 2.24) is 4.98 Å². The van der Waals surface area contributed by atoms with Gasteiger partial charge in [-0.25, -0.2) is 14.6 Å². The highest BCUT2D eigenvalue weighted by Gasteiger charge is 2.20. The zero-order valence-electron chi connectivity index (χ0n) is 16.2. The topological polar surface area (TPSA) is 104 Å². The number of benzene rings is 1. The first-order valence-electron chi connectivity index (χ1n) is 8.93. The van der Waals surface area contributed by atoms with Crippen molar-refractivity contribution < 1.29 is 28.6 Å². The minimum atomic E-state index is -0.959. The molecular weight excluding hydrogens is 400 g/mol. The van der Waals surface area contributed by atoms with Crippen LogP contribution in [0.1, 0.15) is 41.5 Å². The molecule has 0 fully saturated rings. The van der Waals surface area contributed by atoms with E-state index in [1.54, 1.807) is 26.0 Å². The van der Waals surface area contributed by atoms with E-state index >= 15 is 0 Å². The van der Waals surface area contributed by atoms with E-state index in [1.807, 2.05) is 0 Å². The normalized spacial score (nSPS) is 11.3. The van der Waals surface area contributed by atoms with Crippen molar-refractivity contribution in [3.05, 3.63) is 52.8 Å². The van der Waals surface area contributed by atoms with Gasteiger partial charge < -0.3 is 19.5 Å². The van der Waals surface area contributed by atoms with E-state index in [0.717, 1.165) is 0 Å². The Morgan fingerprint density at radius 1 is 1.07 bits per heavy atom. The van der Waals surface area contributed by atoms with Crippen LogP contribution in [-0.2, 0) is 14.3 Å². The summed E-state index contributed by atoms with van der Waals surface area (Å²) in [5.41, 5.74) is 0.549. The fourth-order valence-corrected chi connectivity index (χ4v) is 2.47. The van der Waals surface area contributed by atoms with E-state index in [9.17, 15) is 14.4 Å². The maximum atomic E-state index is 12.4. The third kappa shape index (κ3) is 6.18. The largest absolute Gasteiger partial charge is 0.481 e. The Bertz CT molecular complexity index is 866. The van der Waals surface area contributed by atoms with Crippen LogP contribution in [0.2, 0.25) is 5.15 Å². The smallest absolute Gasteiger partial charge is 0.338 e. The summed E-state index contributed by atoms with van der Waals surface area (Å²) in [4.78, 5) is 40.5. The van der Waals surface area contributed by atoms with Crippen molar-refractivity contribution in [2.75, 3.05) is 18.5 Å². The van der Waals surface area contributed by atoms with Crippen LogP contribution in [0.4, 0.5) is 5.69 Å². The number of hydrogen-bond acceptors (Lipinski definition) is 7. The van der Waals surface area contributed by atoms with Crippen molar-refractivity contribution in [3.63, 3.8) is 0 Å². The van der Waals surface area contributed by atoms with Gasteiger partial charge in [-0.2, -0.15) is 0 Å². The molecular formula is C20H21ClN2O6. The monoisotopic (exact) mass is 420 g/mol. The number of esters is 2. The first-order chi connectivity index (χ1) is 13.8. The average molecular weight is 421 g/mol. The van der Waals surface area contributed by atoms with Gasteiger partial charge in [-0.1, -0.05) is 11.6 Å². The van der Waals surface area contributed by atoms with E-state index < -0.39 is 23.9 Å². The average Bonchev–Trinajstić information content (AvgIpc) is 2.69. The van der Waals surface area contributed by atoms with Gasteiger partial charge in [0.25, 0.3) is 5.91 Å². The fraction of sp³-hybridized carbons (Fsp3) is 0.300. The van der Waals surface area contributed by atoms with Gasteiger partial charge in [0.05, 0.1) is 30.0 Å². The highest BCUT2D eigenvalue weighted by atomic mass is 35.5. The minimum absolute atomic E-state index is 0.107. The molecule has 29 heavy (non-hydrogen) atoms. The first-order valence-corrected chi connectivity index (χ1v) is 9.30. The maximum absolute atomic E-state index is 12.4. The molecule has 0 saturated heterocycles. The molecule has 0 spiro atoms. The summed E-state index contributed by atoms with van der Waals surface area (Å²) < 4.78 is 15.6. The van der Waals surface area contributed by atoms with E-state index in [1.165, 1.54) is 31.3 Å². The van der Waals surface area contributed by atoms with Gasteiger partial charge in [-0.05, 0) is 51.1 Å². The van der Waals surface area contributed by atoms with Crippen LogP contribution in [0.15, 0.2) is 36.5 Å². The number of aromatic nitrogens is 1. The van der Waals surface area contributed by atoms with E-state index in [-0.39, 0.29) is 35.2 Å². The lowest BCUT2D eigenvalue weighted by Crippen LogP contribution is -2.30. The Hall–Kier alpha value is -3.13. The molecule has 0 saturated carbocycles. The number of nitrogens with one attached hydrogen (secondary N) is 1. The van der Waals surface area contributed by atoms with Crippen molar-refractivity contribution >= 4 is 35.1 Å². The summed E-state index contributed by atoms with van der Waals surface area (Å²) in [5, 5.41) is 2.74. The van der Waals surface area contributed by atoms with Crippen LogP contribution in [0.3, 0.4) is 0 Å².